The molecular weight excluding hydrogens is 372 g/mol. The molecule has 1 aromatic carbocycles. The molecule has 1 amide bonds. The molecule has 3 rings (SSSR count). The Morgan fingerprint density at radius 3 is 2.58 bits per heavy atom. The number of sulfonamides is 1. The molecule has 0 saturated heterocycles. The molecule has 0 fully saturated rings. The first kappa shape index (κ1) is 18.2. The van der Waals surface area contributed by atoms with Crippen molar-refractivity contribution in [3.63, 3.8) is 0 Å². The number of thiophene rings is 1. The maximum Gasteiger partial charge on any atom is 0.265 e. The van der Waals surface area contributed by atoms with Crippen LogP contribution in [0.15, 0.2) is 63.4 Å². The summed E-state index contributed by atoms with van der Waals surface area (Å²) in [5.41, 5.74) is 1.48. The second-order valence-electron chi connectivity index (χ2n) is 5.83. The molecule has 3 aromatic rings. The summed E-state index contributed by atoms with van der Waals surface area (Å²) in [5.74, 6) is 0.250. The second-order valence-corrected chi connectivity index (χ2v) is 8.39. The van der Waals surface area contributed by atoms with Crippen molar-refractivity contribution in [1.29, 1.82) is 0 Å². The van der Waals surface area contributed by atoms with Crippen LogP contribution in [0.5, 0.6) is 0 Å². The summed E-state index contributed by atoms with van der Waals surface area (Å²) in [7, 11) is -2.26. The highest BCUT2D eigenvalue weighted by atomic mass is 32.2. The zero-order chi connectivity index (χ0) is 18.7. The quantitative estimate of drug-likeness (QED) is 0.696. The summed E-state index contributed by atoms with van der Waals surface area (Å²) >= 11 is 1.10. The summed E-state index contributed by atoms with van der Waals surface area (Å²) in [6, 6.07) is 11.9. The van der Waals surface area contributed by atoms with Crippen LogP contribution in [0.25, 0.3) is 0 Å². The maximum absolute atomic E-state index is 12.7. The van der Waals surface area contributed by atoms with Crippen LogP contribution in [0.3, 0.4) is 0 Å². The summed E-state index contributed by atoms with van der Waals surface area (Å²) < 4.78 is 33.2. The number of carbonyl (C=O) groups is 1. The van der Waals surface area contributed by atoms with Gasteiger partial charge in [-0.2, -0.15) is 0 Å². The lowest BCUT2D eigenvalue weighted by Gasteiger charge is -2.16. The van der Waals surface area contributed by atoms with Crippen LogP contribution in [-0.2, 0) is 16.6 Å². The molecular formula is C18H18N2O4S2. The lowest BCUT2D eigenvalue weighted by molar-refractivity contribution is 0.0777. The van der Waals surface area contributed by atoms with Crippen LogP contribution in [-0.4, -0.2) is 26.3 Å². The van der Waals surface area contributed by atoms with Gasteiger partial charge in [0.2, 0.25) is 0 Å². The number of hydrogen-bond donors (Lipinski definition) is 1. The number of rotatable bonds is 6. The highest BCUT2D eigenvalue weighted by molar-refractivity contribution is 7.93. The lowest BCUT2D eigenvalue weighted by Crippen LogP contribution is -2.27. The number of amides is 1. The van der Waals surface area contributed by atoms with Crippen LogP contribution in [0.1, 0.15) is 21.0 Å². The van der Waals surface area contributed by atoms with Crippen molar-refractivity contribution in [2.45, 2.75) is 18.4 Å². The van der Waals surface area contributed by atoms with Crippen LogP contribution in [0.2, 0.25) is 0 Å². The summed E-state index contributed by atoms with van der Waals surface area (Å²) in [6.45, 7) is 2.18. The highest BCUT2D eigenvalue weighted by Crippen LogP contribution is 2.26. The molecule has 0 saturated carbocycles. The maximum atomic E-state index is 12.7. The minimum Gasteiger partial charge on any atom is -0.467 e. The predicted octanol–water partition coefficient (Wildman–Crippen LogP) is 3.72. The number of nitrogens with one attached hydrogen (secondary N) is 1. The molecule has 0 aliphatic carbocycles. The van der Waals surface area contributed by atoms with E-state index in [1.807, 2.05) is 19.1 Å². The van der Waals surface area contributed by atoms with E-state index in [-0.39, 0.29) is 22.2 Å². The van der Waals surface area contributed by atoms with Crippen LogP contribution in [0.4, 0.5) is 5.69 Å². The van der Waals surface area contributed by atoms with E-state index in [4.69, 9.17) is 4.42 Å². The summed E-state index contributed by atoms with van der Waals surface area (Å²) in [4.78, 5) is 14.3. The van der Waals surface area contributed by atoms with E-state index in [1.165, 1.54) is 17.2 Å². The van der Waals surface area contributed by atoms with Crippen molar-refractivity contribution in [2.24, 2.45) is 0 Å². The van der Waals surface area contributed by atoms with Crippen molar-refractivity contribution in [3.8, 4) is 0 Å². The van der Waals surface area contributed by atoms with Crippen LogP contribution < -0.4 is 4.72 Å². The van der Waals surface area contributed by atoms with Gasteiger partial charge in [0.15, 0.2) is 0 Å². The monoisotopic (exact) mass is 390 g/mol. The number of benzene rings is 1. The van der Waals surface area contributed by atoms with Gasteiger partial charge in [0, 0.05) is 12.7 Å². The molecule has 0 unspecified atom stereocenters. The van der Waals surface area contributed by atoms with Gasteiger partial charge < -0.3 is 9.32 Å². The topological polar surface area (TPSA) is 79.6 Å². The Morgan fingerprint density at radius 2 is 1.92 bits per heavy atom. The average Bonchev–Trinajstić information content (AvgIpc) is 3.27. The number of nitrogens with zero attached hydrogens (tertiary/aromatic N) is 1. The zero-order valence-corrected chi connectivity index (χ0v) is 15.9. The van der Waals surface area contributed by atoms with Gasteiger partial charge in [0.25, 0.3) is 15.9 Å². The van der Waals surface area contributed by atoms with Crippen LogP contribution >= 0.6 is 11.3 Å². The van der Waals surface area contributed by atoms with Gasteiger partial charge in [-0.25, -0.2) is 8.42 Å². The van der Waals surface area contributed by atoms with Crippen molar-refractivity contribution < 1.29 is 17.6 Å². The molecule has 6 nitrogen and oxygen atoms in total. The van der Waals surface area contributed by atoms with Gasteiger partial charge in [-0.1, -0.05) is 17.7 Å². The van der Waals surface area contributed by atoms with Gasteiger partial charge >= 0.3 is 0 Å². The van der Waals surface area contributed by atoms with E-state index in [0.717, 1.165) is 16.9 Å². The first-order chi connectivity index (χ1) is 12.4. The van der Waals surface area contributed by atoms with E-state index >= 15 is 0 Å². The third-order valence-electron chi connectivity index (χ3n) is 3.74. The third-order valence-corrected chi connectivity index (χ3v) is 6.19. The van der Waals surface area contributed by atoms with Gasteiger partial charge in [-0.05, 0) is 42.6 Å². The first-order valence-electron chi connectivity index (χ1n) is 7.81. The molecule has 0 aliphatic heterocycles. The minimum atomic E-state index is -3.86. The number of aryl methyl sites for hydroxylation is 1. The molecule has 2 heterocycles. The molecule has 2 aromatic heterocycles. The molecule has 26 heavy (non-hydrogen) atoms. The smallest absolute Gasteiger partial charge is 0.265 e. The zero-order valence-electron chi connectivity index (χ0n) is 14.3. The minimum absolute atomic E-state index is 0.0284. The fraction of sp³-hybridized carbons (Fsp3) is 0.167. The molecule has 0 bridgehead atoms. The number of carbonyl (C=O) groups excluding carboxylic acids is 1. The van der Waals surface area contributed by atoms with E-state index in [2.05, 4.69) is 4.72 Å². The Labute approximate surface area is 156 Å². The Morgan fingerprint density at radius 1 is 1.19 bits per heavy atom. The number of hydrogen-bond acceptors (Lipinski definition) is 5. The Balaban J connectivity index is 1.82. The lowest BCUT2D eigenvalue weighted by atomic mass is 10.2. The molecule has 0 radical (unpaired) electrons. The SMILES string of the molecule is Cc1ccc(NS(=O)(=O)c2ccsc2C(=O)N(C)Cc2ccco2)cc1. The molecule has 0 aliphatic rings. The highest BCUT2D eigenvalue weighted by Gasteiger charge is 2.26. The van der Waals surface area contributed by atoms with Gasteiger partial charge in [-0.15, -0.1) is 11.3 Å². The van der Waals surface area contributed by atoms with Crippen molar-refractivity contribution in [3.05, 3.63) is 70.3 Å². The summed E-state index contributed by atoms with van der Waals surface area (Å²) in [6.07, 6.45) is 1.53. The molecule has 8 heteroatoms. The van der Waals surface area contributed by atoms with Crippen molar-refractivity contribution >= 4 is 33.0 Å². The van der Waals surface area contributed by atoms with Crippen molar-refractivity contribution in [2.75, 3.05) is 11.8 Å². The average molecular weight is 390 g/mol. The van der Waals surface area contributed by atoms with Crippen LogP contribution in [0, 0.1) is 6.92 Å². The molecule has 136 valence electrons. The largest absolute Gasteiger partial charge is 0.467 e. The molecule has 0 atom stereocenters. The fourth-order valence-corrected chi connectivity index (χ4v) is 4.85. The molecule has 0 spiro atoms. The van der Waals surface area contributed by atoms with E-state index in [0.29, 0.717) is 11.4 Å². The predicted molar refractivity (Wildman–Crippen MR) is 101 cm³/mol. The second kappa shape index (κ2) is 7.35. The Kier molecular flexibility index (Phi) is 5.15. The van der Waals surface area contributed by atoms with E-state index in [9.17, 15) is 13.2 Å². The van der Waals surface area contributed by atoms with Gasteiger partial charge in [0.1, 0.15) is 15.5 Å². The van der Waals surface area contributed by atoms with Gasteiger partial charge in [0.05, 0.1) is 12.8 Å². The Bertz CT molecular complexity index is 990. The van der Waals surface area contributed by atoms with Crippen molar-refractivity contribution in [1.82, 2.24) is 4.90 Å². The Hall–Kier alpha value is -2.58. The third kappa shape index (κ3) is 3.97. The normalized spacial score (nSPS) is 11.3. The summed E-state index contributed by atoms with van der Waals surface area (Å²) in [5, 5.41) is 1.59. The van der Waals surface area contributed by atoms with Gasteiger partial charge in [-0.3, -0.25) is 9.52 Å². The number of anilines is 1. The standard InChI is InChI=1S/C18H18N2O4S2/c1-13-5-7-14(8-6-13)19-26(22,23)16-9-11-25-17(16)18(21)20(2)12-15-4-3-10-24-15/h3-11,19H,12H2,1-2H3. The first-order valence-corrected chi connectivity index (χ1v) is 10.2. The van der Waals surface area contributed by atoms with E-state index in [1.54, 1.807) is 36.7 Å². The molecule has 1 N–H and O–H groups in total. The fourth-order valence-electron chi connectivity index (χ4n) is 2.38. The van der Waals surface area contributed by atoms with E-state index < -0.39 is 10.0 Å². The number of furan rings is 1.